The Morgan fingerprint density at radius 3 is 2.68 bits per heavy atom. The smallest absolute Gasteiger partial charge is 0.312 e. The van der Waals surface area contributed by atoms with Crippen molar-refractivity contribution in [2.24, 2.45) is 0 Å². The van der Waals surface area contributed by atoms with E-state index in [1.54, 1.807) is 11.3 Å². The number of benzene rings is 1. The van der Waals surface area contributed by atoms with Gasteiger partial charge in [-0.25, -0.2) is 4.98 Å². The first-order chi connectivity index (χ1) is 15.2. The lowest BCUT2D eigenvalue weighted by Gasteiger charge is -2.26. The van der Waals surface area contributed by atoms with Gasteiger partial charge in [-0.1, -0.05) is 18.2 Å². The maximum atomic E-state index is 12.1. The van der Waals surface area contributed by atoms with Crippen molar-refractivity contribution in [2.75, 3.05) is 38.2 Å². The zero-order chi connectivity index (χ0) is 21.5. The molecule has 0 aliphatic carbocycles. The Hall–Kier alpha value is -2.59. The van der Waals surface area contributed by atoms with Crippen LogP contribution < -0.4 is 5.32 Å². The molecule has 162 valence electrons. The van der Waals surface area contributed by atoms with Gasteiger partial charge in [-0.2, -0.15) is 0 Å². The molecule has 0 unspecified atom stereocenters. The van der Waals surface area contributed by atoms with Gasteiger partial charge in [0.15, 0.2) is 6.61 Å². The van der Waals surface area contributed by atoms with Gasteiger partial charge in [0.1, 0.15) is 5.01 Å². The first kappa shape index (κ1) is 21.6. The van der Waals surface area contributed by atoms with E-state index in [1.165, 1.54) is 16.9 Å². The number of rotatable bonds is 8. The number of thiazole rings is 1. The summed E-state index contributed by atoms with van der Waals surface area (Å²) in [6.45, 7) is 3.94. The Kier molecular flexibility index (Phi) is 7.42. The van der Waals surface area contributed by atoms with E-state index in [0.717, 1.165) is 42.7 Å². The summed E-state index contributed by atoms with van der Waals surface area (Å²) in [7, 11) is 0. The summed E-state index contributed by atoms with van der Waals surface area (Å²) in [6.07, 6.45) is 0.0470. The van der Waals surface area contributed by atoms with Crippen LogP contribution in [0.5, 0.6) is 0 Å². The SMILES string of the molecule is O=C(COC(=O)Cc1csc(-c2cccs2)n1)Nc1ccc(CN2CCOCC2)cc1. The average Bonchev–Trinajstić information content (AvgIpc) is 3.47. The number of amides is 1. The number of carbonyl (C=O) groups is 2. The van der Waals surface area contributed by atoms with Crippen LogP contribution in [0.25, 0.3) is 9.88 Å². The highest BCUT2D eigenvalue weighted by Crippen LogP contribution is 2.27. The number of hydrogen-bond donors (Lipinski definition) is 1. The molecule has 31 heavy (non-hydrogen) atoms. The molecule has 1 N–H and O–H groups in total. The quantitative estimate of drug-likeness (QED) is 0.522. The third-order valence-electron chi connectivity index (χ3n) is 4.72. The predicted molar refractivity (Wildman–Crippen MR) is 121 cm³/mol. The summed E-state index contributed by atoms with van der Waals surface area (Å²) >= 11 is 3.09. The fourth-order valence-electron chi connectivity index (χ4n) is 3.15. The van der Waals surface area contributed by atoms with Gasteiger partial charge in [0.2, 0.25) is 0 Å². The molecule has 1 amide bonds. The summed E-state index contributed by atoms with van der Waals surface area (Å²) < 4.78 is 10.5. The fourth-order valence-corrected chi connectivity index (χ4v) is 4.79. The Morgan fingerprint density at radius 2 is 1.94 bits per heavy atom. The van der Waals surface area contributed by atoms with Gasteiger partial charge in [-0.15, -0.1) is 22.7 Å². The monoisotopic (exact) mass is 457 g/mol. The van der Waals surface area contributed by atoms with Crippen molar-refractivity contribution in [3.63, 3.8) is 0 Å². The summed E-state index contributed by atoms with van der Waals surface area (Å²) in [6, 6.07) is 11.7. The van der Waals surface area contributed by atoms with E-state index in [1.807, 2.05) is 47.2 Å². The molecule has 1 fully saturated rings. The molecular weight excluding hydrogens is 434 g/mol. The number of hydrogen-bond acceptors (Lipinski definition) is 8. The van der Waals surface area contributed by atoms with Crippen molar-refractivity contribution in [2.45, 2.75) is 13.0 Å². The molecule has 2 aromatic heterocycles. The molecule has 0 atom stereocenters. The van der Waals surface area contributed by atoms with Crippen molar-refractivity contribution < 1.29 is 19.1 Å². The molecule has 1 aromatic carbocycles. The van der Waals surface area contributed by atoms with E-state index in [-0.39, 0.29) is 18.9 Å². The molecule has 0 spiro atoms. The Labute approximate surface area is 188 Å². The summed E-state index contributed by atoms with van der Waals surface area (Å²) in [4.78, 5) is 32.0. The number of nitrogens with zero attached hydrogens (tertiary/aromatic N) is 2. The average molecular weight is 458 g/mol. The number of anilines is 1. The Morgan fingerprint density at radius 1 is 1.13 bits per heavy atom. The Bertz CT molecular complexity index is 996. The largest absolute Gasteiger partial charge is 0.455 e. The molecule has 1 saturated heterocycles. The minimum absolute atomic E-state index is 0.0470. The molecule has 9 heteroatoms. The lowest BCUT2D eigenvalue weighted by Crippen LogP contribution is -2.35. The number of nitrogens with one attached hydrogen (secondary N) is 1. The van der Waals surface area contributed by atoms with Gasteiger partial charge in [0.05, 0.1) is 30.2 Å². The predicted octanol–water partition coefficient (Wildman–Crippen LogP) is 3.43. The zero-order valence-corrected chi connectivity index (χ0v) is 18.5. The third kappa shape index (κ3) is 6.44. The van der Waals surface area contributed by atoms with E-state index in [4.69, 9.17) is 9.47 Å². The highest BCUT2D eigenvalue weighted by atomic mass is 32.1. The molecule has 0 bridgehead atoms. The second-order valence-electron chi connectivity index (χ2n) is 7.09. The highest BCUT2D eigenvalue weighted by Gasteiger charge is 2.13. The number of esters is 1. The van der Waals surface area contributed by atoms with E-state index in [2.05, 4.69) is 15.2 Å². The lowest BCUT2D eigenvalue weighted by atomic mass is 10.2. The molecule has 1 aliphatic rings. The number of carbonyl (C=O) groups excluding carboxylic acids is 2. The van der Waals surface area contributed by atoms with Gasteiger partial charge in [0, 0.05) is 30.7 Å². The van der Waals surface area contributed by atoms with Gasteiger partial charge < -0.3 is 14.8 Å². The van der Waals surface area contributed by atoms with Crippen molar-refractivity contribution >= 4 is 40.2 Å². The molecule has 1 aliphatic heterocycles. The number of thiophene rings is 1. The van der Waals surface area contributed by atoms with Crippen molar-refractivity contribution in [3.8, 4) is 9.88 Å². The van der Waals surface area contributed by atoms with Gasteiger partial charge in [-0.05, 0) is 29.1 Å². The minimum atomic E-state index is -0.473. The van der Waals surface area contributed by atoms with Crippen LogP contribution in [-0.2, 0) is 32.0 Å². The van der Waals surface area contributed by atoms with Crippen molar-refractivity contribution in [1.29, 1.82) is 0 Å². The molecule has 3 aromatic rings. The minimum Gasteiger partial charge on any atom is -0.455 e. The Balaban J connectivity index is 1.19. The number of aromatic nitrogens is 1. The van der Waals surface area contributed by atoms with E-state index < -0.39 is 5.97 Å². The van der Waals surface area contributed by atoms with Crippen LogP contribution in [0, 0.1) is 0 Å². The van der Waals surface area contributed by atoms with Crippen molar-refractivity contribution in [1.82, 2.24) is 9.88 Å². The maximum Gasteiger partial charge on any atom is 0.312 e. The van der Waals surface area contributed by atoms with Crippen molar-refractivity contribution in [3.05, 3.63) is 58.4 Å². The van der Waals surface area contributed by atoms with Crippen LogP contribution >= 0.6 is 22.7 Å². The summed E-state index contributed by atoms with van der Waals surface area (Å²) in [5.74, 6) is -0.842. The molecular formula is C22H23N3O4S2. The normalized spacial score (nSPS) is 14.3. The van der Waals surface area contributed by atoms with Crippen LogP contribution in [0.1, 0.15) is 11.3 Å². The first-order valence-corrected chi connectivity index (χ1v) is 11.7. The van der Waals surface area contributed by atoms with E-state index >= 15 is 0 Å². The van der Waals surface area contributed by atoms with Gasteiger partial charge in [-0.3, -0.25) is 14.5 Å². The summed E-state index contributed by atoms with van der Waals surface area (Å²) in [5.41, 5.74) is 2.50. The van der Waals surface area contributed by atoms with Crippen LogP contribution in [0.4, 0.5) is 5.69 Å². The van der Waals surface area contributed by atoms with Crippen LogP contribution in [0.3, 0.4) is 0 Å². The lowest BCUT2D eigenvalue weighted by molar-refractivity contribution is -0.146. The van der Waals surface area contributed by atoms with Gasteiger partial charge >= 0.3 is 5.97 Å². The molecule has 4 rings (SSSR count). The van der Waals surface area contributed by atoms with E-state index in [9.17, 15) is 9.59 Å². The van der Waals surface area contributed by atoms with Crippen LogP contribution in [0.15, 0.2) is 47.2 Å². The highest BCUT2D eigenvalue weighted by molar-refractivity contribution is 7.20. The molecule has 0 saturated carbocycles. The fraction of sp³-hybridized carbons (Fsp3) is 0.318. The zero-order valence-electron chi connectivity index (χ0n) is 16.9. The third-order valence-corrected chi connectivity index (χ3v) is 6.65. The van der Waals surface area contributed by atoms with Crippen LogP contribution in [-0.4, -0.2) is 54.7 Å². The molecule has 0 radical (unpaired) electrons. The standard InChI is InChI=1S/C22H23N3O4S2/c26-20(23-17-5-3-16(4-6-17)13-25-7-9-28-10-8-25)14-29-21(27)12-18-15-31-22(24-18)19-2-1-11-30-19/h1-6,11,15H,7-10,12-14H2,(H,23,26). The second kappa shape index (κ2) is 10.6. The summed E-state index contributed by atoms with van der Waals surface area (Å²) in [5, 5.41) is 7.46. The first-order valence-electron chi connectivity index (χ1n) is 9.98. The van der Waals surface area contributed by atoms with Crippen LogP contribution in [0.2, 0.25) is 0 Å². The second-order valence-corrected chi connectivity index (χ2v) is 8.90. The topological polar surface area (TPSA) is 80.8 Å². The number of ether oxygens (including phenoxy) is 2. The van der Waals surface area contributed by atoms with Gasteiger partial charge in [0.25, 0.3) is 5.91 Å². The van der Waals surface area contributed by atoms with E-state index in [0.29, 0.717) is 11.4 Å². The molecule has 7 nitrogen and oxygen atoms in total. The maximum absolute atomic E-state index is 12.1. The molecule has 3 heterocycles. The number of morpholine rings is 1.